The molecule has 2 N–H and O–H groups in total. The van der Waals surface area contributed by atoms with Gasteiger partial charge < -0.3 is 24.3 Å². The van der Waals surface area contributed by atoms with E-state index in [1.54, 1.807) is 17.4 Å². The number of likely N-dealkylation sites (tertiary alicyclic amines) is 1. The van der Waals surface area contributed by atoms with Gasteiger partial charge in [0.05, 0.1) is 18.8 Å². The van der Waals surface area contributed by atoms with Crippen LogP contribution >= 0.6 is 0 Å². The number of anilines is 1. The van der Waals surface area contributed by atoms with Gasteiger partial charge in [0, 0.05) is 37.2 Å². The molecule has 1 fully saturated rings. The van der Waals surface area contributed by atoms with Gasteiger partial charge in [-0.3, -0.25) is 9.89 Å². The molecule has 0 aliphatic carbocycles. The lowest BCUT2D eigenvalue weighted by Gasteiger charge is -2.43. The summed E-state index contributed by atoms with van der Waals surface area (Å²) in [6.07, 6.45) is 4.85. The molecule has 2 atom stereocenters. The monoisotopic (exact) mass is 580 g/mol. The number of hydrogen-bond acceptors (Lipinski definition) is 9. The fourth-order valence-corrected chi connectivity index (χ4v) is 4.95. The Kier molecular flexibility index (Phi) is 9.22. The average Bonchev–Trinajstić information content (AvgIpc) is 3.63. The lowest BCUT2D eigenvalue weighted by atomic mass is 9.91. The predicted molar refractivity (Wildman–Crippen MR) is 158 cm³/mol. The van der Waals surface area contributed by atoms with Gasteiger partial charge in [-0.1, -0.05) is 34.6 Å². The lowest BCUT2D eigenvalue weighted by Crippen LogP contribution is -2.55. The largest absolute Gasteiger partial charge is 0.467 e. The Balaban J connectivity index is 1.69. The van der Waals surface area contributed by atoms with E-state index in [0.717, 1.165) is 5.76 Å². The molecule has 1 aliphatic heterocycles. The zero-order valence-corrected chi connectivity index (χ0v) is 26.0. The lowest BCUT2D eigenvalue weighted by molar-refractivity contribution is 0.00607. The predicted octanol–water partition coefficient (Wildman–Crippen LogP) is 4.99. The number of piperidine rings is 1. The third-order valence-electron chi connectivity index (χ3n) is 6.86. The van der Waals surface area contributed by atoms with Crippen LogP contribution in [0.3, 0.4) is 0 Å². The Morgan fingerprint density at radius 2 is 1.95 bits per heavy atom. The van der Waals surface area contributed by atoms with E-state index in [0.29, 0.717) is 55.6 Å². The molecule has 228 valence electrons. The van der Waals surface area contributed by atoms with Crippen molar-refractivity contribution < 1.29 is 18.7 Å². The molecular formula is C30H44N8O4. The third kappa shape index (κ3) is 7.86. The second-order valence-electron chi connectivity index (χ2n) is 13.3. The van der Waals surface area contributed by atoms with Crippen LogP contribution < -0.4 is 5.32 Å². The summed E-state index contributed by atoms with van der Waals surface area (Å²) < 4.78 is 11.2. The van der Waals surface area contributed by atoms with E-state index < -0.39 is 11.7 Å². The second-order valence-corrected chi connectivity index (χ2v) is 13.3. The molecule has 0 unspecified atom stereocenters. The van der Waals surface area contributed by atoms with E-state index in [4.69, 9.17) is 14.1 Å². The van der Waals surface area contributed by atoms with Crippen molar-refractivity contribution in [2.24, 2.45) is 5.92 Å². The second kappa shape index (κ2) is 12.5. The highest BCUT2D eigenvalue weighted by Gasteiger charge is 2.39. The zero-order chi connectivity index (χ0) is 30.7. The van der Waals surface area contributed by atoms with Gasteiger partial charge in [0.1, 0.15) is 40.7 Å². The number of ether oxygens (including phenoxy) is 1. The smallest absolute Gasteiger partial charge is 0.410 e. The van der Waals surface area contributed by atoms with Crippen molar-refractivity contribution in [3.63, 3.8) is 0 Å². The molecule has 0 saturated carbocycles. The molecule has 0 aromatic carbocycles. The number of aromatic nitrogens is 5. The Morgan fingerprint density at radius 3 is 2.55 bits per heavy atom. The van der Waals surface area contributed by atoms with Crippen LogP contribution in [0.1, 0.15) is 95.5 Å². The van der Waals surface area contributed by atoms with E-state index in [1.807, 2.05) is 58.6 Å². The van der Waals surface area contributed by atoms with Crippen LogP contribution in [0.15, 0.2) is 35.3 Å². The van der Waals surface area contributed by atoms with Crippen molar-refractivity contribution in [1.29, 1.82) is 0 Å². The van der Waals surface area contributed by atoms with Crippen molar-refractivity contribution >= 4 is 17.8 Å². The van der Waals surface area contributed by atoms with Gasteiger partial charge in [0.25, 0.3) is 5.91 Å². The number of H-pyrrole nitrogens is 1. The third-order valence-corrected chi connectivity index (χ3v) is 6.86. The number of hydrogen-bond donors (Lipinski definition) is 2. The fraction of sp³-hybridized carbons (Fsp3) is 0.600. The average molecular weight is 581 g/mol. The van der Waals surface area contributed by atoms with Gasteiger partial charge in [-0.2, -0.15) is 5.10 Å². The van der Waals surface area contributed by atoms with Gasteiger partial charge in [-0.25, -0.2) is 19.7 Å². The van der Waals surface area contributed by atoms with Crippen LogP contribution in [0.5, 0.6) is 0 Å². The maximum absolute atomic E-state index is 14.4. The molecule has 0 bridgehead atoms. The quantitative estimate of drug-likeness (QED) is 0.377. The number of nitrogens with zero attached hydrogens (tertiary/aromatic N) is 6. The maximum Gasteiger partial charge on any atom is 0.410 e. The highest BCUT2D eigenvalue weighted by molar-refractivity contribution is 5.98. The summed E-state index contributed by atoms with van der Waals surface area (Å²) in [7, 11) is 0. The number of carbonyl (C=O) groups excluding carboxylic acids is 2. The molecule has 2 amide bonds. The summed E-state index contributed by atoms with van der Waals surface area (Å²) in [6.45, 7) is 17.3. The topological polar surface area (TPSA) is 142 Å². The van der Waals surface area contributed by atoms with Crippen molar-refractivity contribution in [2.45, 2.75) is 91.3 Å². The van der Waals surface area contributed by atoms with E-state index in [9.17, 15) is 9.59 Å². The Hall–Kier alpha value is -3.96. The molecule has 0 radical (unpaired) electrons. The van der Waals surface area contributed by atoms with Crippen LogP contribution in [-0.2, 0) is 16.7 Å². The summed E-state index contributed by atoms with van der Waals surface area (Å²) >= 11 is 0. The number of furan rings is 1. The number of carbonyl (C=O) groups is 2. The first-order chi connectivity index (χ1) is 19.7. The van der Waals surface area contributed by atoms with Crippen LogP contribution in [0.4, 0.5) is 10.6 Å². The summed E-state index contributed by atoms with van der Waals surface area (Å²) in [5, 5.41) is 10.3. The molecule has 0 spiro atoms. The molecule has 42 heavy (non-hydrogen) atoms. The van der Waals surface area contributed by atoms with E-state index in [2.05, 4.69) is 39.3 Å². The normalized spacial score (nSPS) is 17.8. The number of amides is 2. The molecular weight excluding hydrogens is 536 g/mol. The van der Waals surface area contributed by atoms with Gasteiger partial charge in [-0.15, -0.1) is 0 Å². The molecule has 4 heterocycles. The highest BCUT2D eigenvalue weighted by atomic mass is 16.6. The molecule has 1 saturated heterocycles. The first-order valence-corrected chi connectivity index (χ1v) is 14.5. The first kappa shape index (κ1) is 31.0. The minimum absolute atomic E-state index is 0.155. The van der Waals surface area contributed by atoms with Gasteiger partial charge in [-0.05, 0) is 45.2 Å². The summed E-state index contributed by atoms with van der Waals surface area (Å²) in [4.78, 5) is 45.0. The van der Waals surface area contributed by atoms with E-state index in [1.165, 1.54) is 6.33 Å². The van der Waals surface area contributed by atoms with Gasteiger partial charge in [0.2, 0.25) is 0 Å². The summed E-state index contributed by atoms with van der Waals surface area (Å²) in [5.74, 6) is 2.26. The number of aromatic amines is 1. The van der Waals surface area contributed by atoms with Crippen LogP contribution in [0.25, 0.3) is 0 Å². The summed E-state index contributed by atoms with van der Waals surface area (Å²) in [6, 6.07) is 3.37. The molecule has 3 aromatic rings. The maximum atomic E-state index is 14.4. The van der Waals surface area contributed by atoms with Gasteiger partial charge >= 0.3 is 6.09 Å². The zero-order valence-electron chi connectivity index (χ0n) is 26.0. The molecule has 12 nitrogen and oxygen atoms in total. The standard InChI is InChI=1S/C30H44N8O4/c1-19(2)15-38(21-12-20(24-33-18-34-36-24)16-37(17-21)28(40)42-30(6,7)8)26(39)23-14-32-27(29(3,4)5)35-25(23)31-13-22-10-9-11-41-22/h9-11,14,18-21H,12-13,15-17H2,1-8H3,(H,31,32,35)(H,33,34,36)/t20-,21+/m1/s1. The minimum atomic E-state index is -0.653. The molecule has 4 rings (SSSR count). The Labute approximate surface area is 247 Å². The SMILES string of the molecule is CC(C)CN(C(=O)c1cnc(C(C)(C)C)nc1NCc1ccco1)[C@H]1C[C@@H](c2ncn[nH]2)CN(C(=O)OC(C)(C)C)C1. The molecule has 1 aliphatic rings. The fourth-order valence-electron chi connectivity index (χ4n) is 4.95. The van der Waals surface area contributed by atoms with Crippen LogP contribution in [0.2, 0.25) is 0 Å². The first-order valence-electron chi connectivity index (χ1n) is 14.5. The summed E-state index contributed by atoms with van der Waals surface area (Å²) in [5.41, 5.74) is -0.609. The van der Waals surface area contributed by atoms with Crippen molar-refractivity contribution in [1.82, 2.24) is 34.9 Å². The van der Waals surface area contributed by atoms with E-state index in [-0.39, 0.29) is 29.2 Å². The Morgan fingerprint density at radius 1 is 1.19 bits per heavy atom. The van der Waals surface area contributed by atoms with E-state index >= 15 is 0 Å². The minimum Gasteiger partial charge on any atom is -0.467 e. The van der Waals surface area contributed by atoms with Crippen molar-refractivity contribution in [3.8, 4) is 0 Å². The van der Waals surface area contributed by atoms with Crippen molar-refractivity contribution in [2.75, 3.05) is 25.0 Å². The highest BCUT2D eigenvalue weighted by Crippen LogP contribution is 2.31. The molecule has 12 heteroatoms. The van der Waals surface area contributed by atoms with Crippen LogP contribution in [-0.4, -0.2) is 78.2 Å². The van der Waals surface area contributed by atoms with Crippen LogP contribution in [0, 0.1) is 5.92 Å². The number of rotatable bonds is 8. The number of nitrogens with one attached hydrogen (secondary N) is 2. The Bertz CT molecular complexity index is 1330. The van der Waals surface area contributed by atoms with Gasteiger partial charge in [0.15, 0.2) is 0 Å². The molecule has 3 aromatic heterocycles. The van der Waals surface area contributed by atoms with Crippen molar-refractivity contribution in [3.05, 3.63) is 53.9 Å².